The van der Waals surface area contributed by atoms with E-state index < -0.39 is 0 Å². The Kier molecular flexibility index (Phi) is 5.20. The Balaban J connectivity index is 1.81. The van der Waals surface area contributed by atoms with Gasteiger partial charge in [-0.2, -0.15) is 0 Å². The van der Waals surface area contributed by atoms with Crippen LogP contribution in [0.2, 0.25) is 0 Å². The summed E-state index contributed by atoms with van der Waals surface area (Å²) < 4.78 is 1.24. The Hall–Kier alpha value is -0.670. The van der Waals surface area contributed by atoms with Crippen LogP contribution in [0.1, 0.15) is 12.0 Å². The van der Waals surface area contributed by atoms with Gasteiger partial charge < -0.3 is 0 Å². The van der Waals surface area contributed by atoms with Crippen molar-refractivity contribution in [3.63, 3.8) is 0 Å². The summed E-state index contributed by atoms with van der Waals surface area (Å²) in [5.74, 6) is 1.14. The third-order valence-electron chi connectivity index (χ3n) is 2.63. The molecule has 1 aliphatic rings. The number of rotatable bonds is 5. The quantitative estimate of drug-likeness (QED) is 0.744. The maximum Gasteiger partial charge on any atom is 0.125 e. The van der Waals surface area contributed by atoms with Crippen molar-refractivity contribution in [1.29, 1.82) is 0 Å². The van der Waals surface area contributed by atoms with Gasteiger partial charge >= 0.3 is 0 Å². The maximum atomic E-state index is 4.47. The third kappa shape index (κ3) is 4.25. The molecule has 1 heterocycles. The smallest absolute Gasteiger partial charge is 0.125 e. The lowest BCUT2D eigenvalue weighted by atomic mass is 10.1. The molecule has 0 saturated heterocycles. The molecular weight excluding hydrogens is 246 g/mol. The second-order valence-corrected chi connectivity index (χ2v) is 6.48. The minimum atomic E-state index is 0.486. The van der Waals surface area contributed by atoms with Crippen LogP contribution in [0.5, 0.6) is 0 Å². The summed E-state index contributed by atoms with van der Waals surface area (Å²) in [5.41, 5.74) is 1.40. The Labute approximate surface area is 112 Å². The van der Waals surface area contributed by atoms with Crippen LogP contribution < -0.4 is 0 Å². The summed E-state index contributed by atoms with van der Waals surface area (Å²) in [4.78, 5) is 4.47. The lowest BCUT2D eigenvalue weighted by Gasteiger charge is -2.11. The lowest BCUT2D eigenvalue weighted by molar-refractivity contribution is 0.860. The van der Waals surface area contributed by atoms with E-state index in [1.165, 1.54) is 9.94 Å². The van der Waals surface area contributed by atoms with Gasteiger partial charge in [-0.05, 0) is 18.4 Å². The van der Waals surface area contributed by atoms with Crippen LogP contribution in [0.4, 0.5) is 0 Å². The van der Waals surface area contributed by atoms with Gasteiger partial charge in [-0.15, -0.1) is 6.58 Å². The second kappa shape index (κ2) is 6.92. The van der Waals surface area contributed by atoms with Gasteiger partial charge in [-0.3, -0.25) is 4.99 Å². The molecule has 2 rings (SSSR count). The summed E-state index contributed by atoms with van der Waals surface area (Å²) >= 11 is 3.74. The number of aliphatic imine (C=N–C) groups is 1. The SMILES string of the molecule is C=CC(CCc1ccccc1)SC1=NCCS1. The average Bonchev–Trinajstić information content (AvgIpc) is 2.88. The molecule has 1 aromatic rings. The highest BCUT2D eigenvalue weighted by Gasteiger charge is 2.13. The molecule has 90 valence electrons. The van der Waals surface area contributed by atoms with E-state index in [-0.39, 0.29) is 0 Å². The van der Waals surface area contributed by atoms with E-state index in [1.54, 1.807) is 0 Å². The Morgan fingerprint density at radius 1 is 1.41 bits per heavy atom. The fourth-order valence-electron chi connectivity index (χ4n) is 1.69. The molecule has 17 heavy (non-hydrogen) atoms. The fourth-order valence-corrected chi connectivity index (χ4v) is 3.88. The Morgan fingerprint density at radius 2 is 2.24 bits per heavy atom. The van der Waals surface area contributed by atoms with Gasteiger partial charge in [0.25, 0.3) is 0 Å². The van der Waals surface area contributed by atoms with Gasteiger partial charge in [-0.25, -0.2) is 0 Å². The van der Waals surface area contributed by atoms with Gasteiger partial charge in [0.15, 0.2) is 0 Å². The first-order valence-corrected chi connectivity index (χ1v) is 7.75. The number of aryl methyl sites for hydroxylation is 1. The van der Waals surface area contributed by atoms with Crippen molar-refractivity contribution in [1.82, 2.24) is 0 Å². The summed E-state index contributed by atoms with van der Waals surface area (Å²) in [5, 5.41) is 0.486. The minimum absolute atomic E-state index is 0.486. The molecular formula is C14H17NS2. The first-order valence-electron chi connectivity index (χ1n) is 5.89. The summed E-state index contributed by atoms with van der Waals surface area (Å²) in [6, 6.07) is 10.6. The molecule has 0 spiro atoms. The number of thioether (sulfide) groups is 2. The van der Waals surface area contributed by atoms with E-state index in [0.29, 0.717) is 5.25 Å². The molecule has 0 bridgehead atoms. The van der Waals surface area contributed by atoms with E-state index in [4.69, 9.17) is 0 Å². The van der Waals surface area contributed by atoms with Gasteiger partial charge in [-0.1, -0.05) is 59.9 Å². The molecule has 0 radical (unpaired) electrons. The van der Waals surface area contributed by atoms with Gasteiger partial charge in [0.1, 0.15) is 4.38 Å². The van der Waals surface area contributed by atoms with Crippen LogP contribution in [0.15, 0.2) is 48.0 Å². The number of hydrogen-bond donors (Lipinski definition) is 0. The summed E-state index contributed by atoms with van der Waals surface area (Å²) in [7, 11) is 0. The van der Waals surface area contributed by atoms with Crippen molar-refractivity contribution in [3.05, 3.63) is 48.6 Å². The maximum absolute atomic E-state index is 4.47. The largest absolute Gasteiger partial charge is 0.271 e. The highest BCUT2D eigenvalue weighted by molar-refractivity contribution is 8.39. The van der Waals surface area contributed by atoms with Crippen LogP contribution in [0, 0.1) is 0 Å². The zero-order chi connectivity index (χ0) is 11.9. The molecule has 1 nitrogen and oxygen atoms in total. The molecule has 1 aromatic carbocycles. The monoisotopic (exact) mass is 263 g/mol. The fraction of sp³-hybridized carbons (Fsp3) is 0.357. The Morgan fingerprint density at radius 3 is 2.88 bits per heavy atom. The van der Waals surface area contributed by atoms with Gasteiger partial charge in [0, 0.05) is 11.0 Å². The number of benzene rings is 1. The van der Waals surface area contributed by atoms with Crippen molar-refractivity contribution in [2.24, 2.45) is 4.99 Å². The molecule has 0 amide bonds. The number of hydrogen-bond acceptors (Lipinski definition) is 3. The minimum Gasteiger partial charge on any atom is -0.271 e. The lowest BCUT2D eigenvalue weighted by Crippen LogP contribution is -2.02. The van der Waals surface area contributed by atoms with Crippen molar-refractivity contribution >= 4 is 27.9 Å². The first-order chi connectivity index (χ1) is 8.38. The van der Waals surface area contributed by atoms with E-state index in [9.17, 15) is 0 Å². The predicted octanol–water partition coefficient (Wildman–Crippen LogP) is 4.01. The molecule has 0 N–H and O–H groups in total. The van der Waals surface area contributed by atoms with Crippen LogP contribution in [-0.2, 0) is 6.42 Å². The molecule has 3 heteroatoms. The van der Waals surface area contributed by atoms with Crippen molar-refractivity contribution in [2.45, 2.75) is 18.1 Å². The van der Waals surface area contributed by atoms with Crippen molar-refractivity contribution in [2.75, 3.05) is 12.3 Å². The topological polar surface area (TPSA) is 12.4 Å². The van der Waals surface area contributed by atoms with Crippen LogP contribution >= 0.6 is 23.5 Å². The van der Waals surface area contributed by atoms with Gasteiger partial charge in [0.2, 0.25) is 0 Å². The van der Waals surface area contributed by atoms with Gasteiger partial charge in [0.05, 0.1) is 6.54 Å². The zero-order valence-electron chi connectivity index (χ0n) is 9.84. The average molecular weight is 263 g/mol. The number of nitrogens with zero attached hydrogens (tertiary/aromatic N) is 1. The first kappa shape index (κ1) is 12.8. The van der Waals surface area contributed by atoms with E-state index in [2.05, 4.69) is 48.0 Å². The summed E-state index contributed by atoms with van der Waals surface area (Å²) in [6.07, 6.45) is 4.30. The van der Waals surface area contributed by atoms with E-state index in [1.807, 2.05) is 23.5 Å². The molecule has 0 fully saturated rings. The van der Waals surface area contributed by atoms with Crippen molar-refractivity contribution in [3.8, 4) is 0 Å². The molecule has 0 aromatic heterocycles. The second-order valence-electron chi connectivity index (χ2n) is 3.91. The van der Waals surface area contributed by atoms with Crippen LogP contribution in [-0.4, -0.2) is 21.9 Å². The zero-order valence-corrected chi connectivity index (χ0v) is 11.5. The van der Waals surface area contributed by atoms with E-state index >= 15 is 0 Å². The highest BCUT2D eigenvalue weighted by atomic mass is 32.2. The standard InChI is InChI=1S/C14H17NS2/c1-2-13(17-14-15-10-11-16-14)9-8-12-6-4-3-5-7-12/h2-7,13H,1,8-11H2. The summed E-state index contributed by atoms with van der Waals surface area (Å²) in [6.45, 7) is 4.91. The highest BCUT2D eigenvalue weighted by Crippen LogP contribution is 2.28. The van der Waals surface area contributed by atoms with Crippen molar-refractivity contribution < 1.29 is 0 Å². The molecule has 1 unspecified atom stereocenters. The predicted molar refractivity (Wildman–Crippen MR) is 81.1 cm³/mol. The van der Waals surface area contributed by atoms with E-state index in [0.717, 1.165) is 25.1 Å². The Bertz CT molecular complexity index is 386. The molecule has 1 atom stereocenters. The molecule has 1 aliphatic heterocycles. The van der Waals surface area contributed by atoms with Crippen LogP contribution in [0.25, 0.3) is 0 Å². The normalized spacial score (nSPS) is 16.6. The molecule has 0 saturated carbocycles. The third-order valence-corrected chi connectivity index (χ3v) is 5.10. The molecule has 0 aliphatic carbocycles. The van der Waals surface area contributed by atoms with Crippen LogP contribution in [0.3, 0.4) is 0 Å².